The molecule has 1 aromatic carbocycles. The van der Waals surface area contributed by atoms with Gasteiger partial charge in [0.1, 0.15) is 5.84 Å². The minimum Gasteiger partial charge on any atom is -0.475 e. The summed E-state index contributed by atoms with van der Waals surface area (Å²) in [4.78, 5) is 46.1. The molecule has 1 aliphatic heterocycles. The van der Waals surface area contributed by atoms with E-state index < -0.39 is 29.8 Å². The van der Waals surface area contributed by atoms with Gasteiger partial charge in [0.2, 0.25) is 5.78 Å². The van der Waals surface area contributed by atoms with Crippen molar-refractivity contribution in [1.29, 1.82) is 5.41 Å². The Morgan fingerprint density at radius 1 is 1.12 bits per heavy atom. The fourth-order valence-electron chi connectivity index (χ4n) is 3.30. The number of halogens is 3. The van der Waals surface area contributed by atoms with Crippen molar-refractivity contribution in [3.05, 3.63) is 35.4 Å². The van der Waals surface area contributed by atoms with Crippen molar-refractivity contribution < 1.29 is 42.6 Å². The number of amides is 1. The van der Waals surface area contributed by atoms with Crippen LogP contribution in [-0.2, 0) is 14.4 Å². The number of nitrogens with zero attached hydrogens (tertiary/aromatic N) is 1. The Labute approximate surface area is 181 Å². The number of hydrogen-bond donors (Lipinski definition) is 4. The summed E-state index contributed by atoms with van der Waals surface area (Å²) in [6, 6.07) is 6.38. The molecular weight excluding hydrogens is 435 g/mol. The molecule has 2 rings (SSSR count). The number of ketones is 1. The van der Waals surface area contributed by atoms with Gasteiger partial charge in [-0.2, -0.15) is 13.2 Å². The van der Waals surface area contributed by atoms with Crippen molar-refractivity contribution in [1.82, 2.24) is 4.90 Å². The van der Waals surface area contributed by atoms with Crippen LogP contribution < -0.4 is 5.73 Å². The third kappa shape index (κ3) is 7.36. The SMILES string of the molecule is CCCC1CC(C(=O)C(=O)O)CCN1C(=O)c1ccc(C(=N)N)cc1.O=C(O)C(F)(F)F. The predicted molar refractivity (Wildman–Crippen MR) is 106 cm³/mol. The number of carbonyl (C=O) groups is 4. The highest BCUT2D eigenvalue weighted by Crippen LogP contribution is 2.28. The number of Topliss-reactive ketones (excluding diaryl/α,β-unsaturated/α-hetero) is 1. The molecule has 5 N–H and O–H groups in total. The zero-order chi connectivity index (χ0) is 24.6. The van der Waals surface area contributed by atoms with Crippen LogP contribution in [-0.4, -0.2) is 63.3 Å². The molecule has 1 aromatic rings. The Morgan fingerprint density at radius 2 is 1.62 bits per heavy atom. The molecule has 12 heteroatoms. The van der Waals surface area contributed by atoms with Gasteiger partial charge in [0.15, 0.2) is 0 Å². The van der Waals surface area contributed by atoms with Gasteiger partial charge in [0.25, 0.3) is 5.91 Å². The zero-order valence-electron chi connectivity index (χ0n) is 17.2. The molecule has 9 nitrogen and oxygen atoms in total. The number of nitrogens with one attached hydrogen (secondary N) is 1. The van der Waals surface area contributed by atoms with E-state index in [-0.39, 0.29) is 17.8 Å². The average Bonchev–Trinajstić information content (AvgIpc) is 2.72. The molecular formula is C20H24F3N3O6. The number of piperidine rings is 1. The minimum absolute atomic E-state index is 0.0594. The third-order valence-corrected chi connectivity index (χ3v) is 4.87. The Balaban J connectivity index is 0.000000633. The Bertz CT molecular complexity index is 870. The van der Waals surface area contributed by atoms with E-state index in [1.54, 1.807) is 29.2 Å². The monoisotopic (exact) mass is 459 g/mol. The second kappa shape index (κ2) is 11.3. The van der Waals surface area contributed by atoms with Gasteiger partial charge < -0.3 is 20.8 Å². The van der Waals surface area contributed by atoms with Gasteiger partial charge >= 0.3 is 18.1 Å². The molecule has 1 fully saturated rings. The van der Waals surface area contributed by atoms with Gasteiger partial charge in [-0.15, -0.1) is 0 Å². The van der Waals surface area contributed by atoms with Gasteiger partial charge in [0, 0.05) is 29.6 Å². The van der Waals surface area contributed by atoms with Crippen LogP contribution in [0.3, 0.4) is 0 Å². The van der Waals surface area contributed by atoms with Crippen molar-refractivity contribution in [3.63, 3.8) is 0 Å². The van der Waals surface area contributed by atoms with E-state index in [1.165, 1.54) is 0 Å². The van der Waals surface area contributed by atoms with Crippen molar-refractivity contribution in [2.45, 2.75) is 44.8 Å². The van der Waals surface area contributed by atoms with E-state index in [2.05, 4.69) is 0 Å². The van der Waals surface area contributed by atoms with Crippen molar-refractivity contribution >= 4 is 29.5 Å². The van der Waals surface area contributed by atoms with Crippen molar-refractivity contribution in [3.8, 4) is 0 Å². The van der Waals surface area contributed by atoms with Gasteiger partial charge in [-0.25, -0.2) is 9.59 Å². The molecule has 0 aliphatic carbocycles. The lowest BCUT2D eigenvalue weighted by Gasteiger charge is -2.38. The first-order valence-electron chi connectivity index (χ1n) is 9.62. The summed E-state index contributed by atoms with van der Waals surface area (Å²) in [6.07, 6.45) is -2.77. The quantitative estimate of drug-likeness (QED) is 0.288. The van der Waals surface area contributed by atoms with Crippen molar-refractivity contribution in [2.75, 3.05) is 6.54 Å². The van der Waals surface area contributed by atoms with Gasteiger partial charge in [-0.3, -0.25) is 15.0 Å². The molecule has 0 bridgehead atoms. The van der Waals surface area contributed by atoms with Crippen LogP contribution in [0.1, 0.15) is 48.5 Å². The van der Waals surface area contributed by atoms with E-state index in [4.69, 9.17) is 26.2 Å². The highest BCUT2D eigenvalue weighted by Gasteiger charge is 2.38. The molecule has 1 aliphatic rings. The van der Waals surface area contributed by atoms with E-state index in [9.17, 15) is 27.6 Å². The van der Waals surface area contributed by atoms with Gasteiger partial charge in [-0.05, 0) is 31.4 Å². The maximum atomic E-state index is 12.8. The largest absolute Gasteiger partial charge is 0.490 e. The average molecular weight is 459 g/mol. The minimum atomic E-state index is -5.08. The molecule has 2 atom stereocenters. The van der Waals surface area contributed by atoms with E-state index >= 15 is 0 Å². The molecule has 0 radical (unpaired) electrons. The van der Waals surface area contributed by atoms with E-state index in [1.807, 2.05) is 6.92 Å². The predicted octanol–water partition coefficient (Wildman–Crippen LogP) is 2.28. The van der Waals surface area contributed by atoms with Crippen LogP contribution in [0.2, 0.25) is 0 Å². The van der Waals surface area contributed by atoms with Gasteiger partial charge in [-0.1, -0.05) is 25.5 Å². The number of carboxylic acid groups (broad SMARTS) is 2. The molecule has 176 valence electrons. The summed E-state index contributed by atoms with van der Waals surface area (Å²) in [5, 5.41) is 23.4. The van der Waals surface area contributed by atoms with E-state index in [0.717, 1.165) is 12.8 Å². The number of rotatable bonds is 6. The third-order valence-electron chi connectivity index (χ3n) is 4.87. The Kier molecular flexibility index (Phi) is 9.35. The molecule has 2 unspecified atom stereocenters. The number of amidine groups is 1. The number of benzene rings is 1. The summed E-state index contributed by atoms with van der Waals surface area (Å²) in [5.74, 6) is -5.66. The van der Waals surface area contributed by atoms with Gasteiger partial charge in [0.05, 0.1) is 0 Å². The Morgan fingerprint density at radius 3 is 2.03 bits per heavy atom. The standard InChI is InChI=1S/C18H23N3O4.C2HF3O2/c1-2-3-14-10-13(15(22)18(24)25)8-9-21(14)17(23)12-6-4-11(5-7-12)16(19)20;3-2(4,5)1(6)7/h4-7,13-14H,2-3,8-10H2,1H3,(H3,19,20)(H,24,25);(H,6,7). The number of aliphatic carboxylic acids is 2. The van der Waals surface area contributed by atoms with Crippen molar-refractivity contribution in [2.24, 2.45) is 11.7 Å². The molecule has 1 saturated heterocycles. The summed E-state index contributed by atoms with van der Waals surface area (Å²) in [5.41, 5.74) is 6.46. The topological polar surface area (TPSA) is 162 Å². The smallest absolute Gasteiger partial charge is 0.475 e. The lowest BCUT2D eigenvalue weighted by molar-refractivity contribution is -0.192. The second-order valence-corrected chi connectivity index (χ2v) is 7.13. The summed E-state index contributed by atoms with van der Waals surface area (Å²) >= 11 is 0. The number of likely N-dealkylation sites (tertiary alicyclic amines) is 1. The maximum Gasteiger partial charge on any atom is 0.490 e. The molecule has 32 heavy (non-hydrogen) atoms. The highest BCUT2D eigenvalue weighted by molar-refractivity contribution is 6.33. The van der Waals surface area contributed by atoms with E-state index in [0.29, 0.717) is 30.5 Å². The van der Waals surface area contributed by atoms with Crippen LogP contribution >= 0.6 is 0 Å². The summed E-state index contributed by atoms with van der Waals surface area (Å²) in [7, 11) is 0. The fourth-order valence-corrected chi connectivity index (χ4v) is 3.30. The molecule has 0 spiro atoms. The normalized spacial score (nSPS) is 18.2. The summed E-state index contributed by atoms with van der Waals surface area (Å²) in [6.45, 7) is 2.36. The lowest BCUT2D eigenvalue weighted by atomic mass is 9.85. The molecule has 1 heterocycles. The highest BCUT2D eigenvalue weighted by atomic mass is 19.4. The fraction of sp³-hybridized carbons (Fsp3) is 0.450. The molecule has 0 aromatic heterocycles. The first-order valence-corrected chi connectivity index (χ1v) is 9.62. The Hall–Kier alpha value is -3.44. The zero-order valence-corrected chi connectivity index (χ0v) is 17.2. The van der Waals surface area contributed by atoms with Crippen LogP contribution in [0.4, 0.5) is 13.2 Å². The number of carbonyl (C=O) groups excluding carboxylic acids is 2. The first kappa shape index (κ1) is 26.6. The summed E-state index contributed by atoms with van der Waals surface area (Å²) < 4.78 is 31.7. The number of nitrogen functional groups attached to an aromatic ring is 1. The first-order chi connectivity index (χ1) is 14.8. The number of hydrogen-bond acceptors (Lipinski definition) is 5. The number of nitrogens with two attached hydrogens (primary N) is 1. The number of carboxylic acids is 2. The molecule has 1 amide bonds. The van der Waals surface area contributed by atoms with Crippen LogP contribution in [0.25, 0.3) is 0 Å². The molecule has 0 saturated carbocycles. The van der Waals surface area contributed by atoms with Crippen LogP contribution in [0.15, 0.2) is 24.3 Å². The second-order valence-electron chi connectivity index (χ2n) is 7.13. The number of alkyl halides is 3. The van der Waals surface area contributed by atoms with Crippen LogP contribution in [0, 0.1) is 11.3 Å². The maximum absolute atomic E-state index is 12.8. The lowest BCUT2D eigenvalue weighted by Crippen LogP contribution is -2.48. The van der Waals surface area contributed by atoms with Crippen LogP contribution in [0.5, 0.6) is 0 Å².